The van der Waals surface area contributed by atoms with E-state index >= 15 is 0 Å². The summed E-state index contributed by atoms with van der Waals surface area (Å²) in [4.78, 5) is 25.7. The second-order valence-electron chi connectivity index (χ2n) is 5.44. The van der Waals surface area contributed by atoms with Gasteiger partial charge in [-0.25, -0.2) is 0 Å². The third-order valence-corrected chi connectivity index (χ3v) is 4.76. The molecule has 1 fully saturated rings. The number of rotatable bonds is 4. The highest BCUT2D eigenvalue weighted by Crippen LogP contribution is 2.27. The van der Waals surface area contributed by atoms with Crippen LogP contribution in [0.1, 0.15) is 31.2 Å². The Hall–Kier alpha value is -1.52. The van der Waals surface area contributed by atoms with Gasteiger partial charge in [0, 0.05) is 18.7 Å². The molecule has 0 spiro atoms. The largest absolute Gasteiger partial charge is 0.469 e. The number of carbonyl (C=O) groups excluding carboxylic acids is 2. The molecule has 0 bridgehead atoms. The van der Waals surface area contributed by atoms with Crippen LogP contribution >= 0.6 is 23.2 Å². The Labute approximate surface area is 146 Å². The monoisotopic (exact) mass is 355 g/mol. The molecular weight excluding hydrogens is 337 g/mol. The van der Waals surface area contributed by atoms with Crippen molar-refractivity contribution in [1.29, 1.82) is 0 Å². The number of carbonyl (C=O) groups is 2. The maximum Gasteiger partial charge on any atom is 0.307 e. The third-order valence-electron chi connectivity index (χ3n) is 3.93. The summed E-state index contributed by atoms with van der Waals surface area (Å²) in [6.45, 7) is 0.647. The summed E-state index contributed by atoms with van der Waals surface area (Å²) >= 11 is 12.1. The molecule has 1 unspecified atom stereocenters. The van der Waals surface area contributed by atoms with Crippen molar-refractivity contribution >= 4 is 41.2 Å². The quantitative estimate of drug-likeness (QED) is 0.606. The fourth-order valence-electron chi connectivity index (χ4n) is 2.68. The molecule has 1 aromatic rings. The first-order valence-electron chi connectivity index (χ1n) is 7.52. The van der Waals surface area contributed by atoms with Gasteiger partial charge in [0.25, 0.3) is 0 Å². The van der Waals surface area contributed by atoms with Gasteiger partial charge in [0.15, 0.2) is 0 Å². The molecule has 0 aromatic heterocycles. The number of esters is 1. The van der Waals surface area contributed by atoms with E-state index in [1.165, 1.54) is 13.2 Å². The van der Waals surface area contributed by atoms with Crippen molar-refractivity contribution in [3.8, 4) is 0 Å². The van der Waals surface area contributed by atoms with Gasteiger partial charge in [0.05, 0.1) is 23.6 Å². The Kier molecular flexibility index (Phi) is 6.48. The van der Waals surface area contributed by atoms with Crippen molar-refractivity contribution in [2.75, 3.05) is 13.7 Å². The van der Waals surface area contributed by atoms with Crippen LogP contribution in [0.4, 0.5) is 0 Å². The molecule has 1 amide bonds. The minimum Gasteiger partial charge on any atom is -0.469 e. The lowest BCUT2D eigenvalue weighted by atomic mass is 9.99. The van der Waals surface area contributed by atoms with Crippen molar-refractivity contribution in [1.82, 2.24) is 4.90 Å². The highest BCUT2D eigenvalue weighted by Gasteiger charge is 2.27. The smallest absolute Gasteiger partial charge is 0.307 e. The lowest BCUT2D eigenvalue weighted by molar-refractivity contribution is -0.143. The van der Waals surface area contributed by atoms with E-state index in [4.69, 9.17) is 27.9 Å². The fraction of sp³-hybridized carbons (Fsp3) is 0.412. The number of amides is 1. The number of piperidine rings is 1. The van der Waals surface area contributed by atoms with Gasteiger partial charge in [0.2, 0.25) is 5.91 Å². The standard InChI is InChI=1S/C17H19Cl2NO3/c1-23-16(22)11-13-6-2-3-10-20(13)15(21)9-8-12-5-4-7-14(18)17(12)19/h4-5,7-9,13H,2-3,6,10-11H2,1H3/b9-8+. The number of hydrogen-bond donors (Lipinski definition) is 0. The number of halogens is 2. The van der Waals surface area contributed by atoms with Crippen molar-refractivity contribution < 1.29 is 14.3 Å². The molecule has 0 radical (unpaired) electrons. The average molecular weight is 356 g/mol. The molecule has 4 nitrogen and oxygen atoms in total. The van der Waals surface area contributed by atoms with Crippen molar-refractivity contribution in [3.05, 3.63) is 39.9 Å². The number of ether oxygens (including phenoxy) is 1. The van der Waals surface area contributed by atoms with Crippen LogP contribution in [0.15, 0.2) is 24.3 Å². The molecule has 0 saturated carbocycles. The van der Waals surface area contributed by atoms with E-state index in [-0.39, 0.29) is 24.3 Å². The number of nitrogens with zero attached hydrogens (tertiary/aromatic N) is 1. The van der Waals surface area contributed by atoms with Gasteiger partial charge in [-0.3, -0.25) is 9.59 Å². The molecule has 23 heavy (non-hydrogen) atoms. The van der Waals surface area contributed by atoms with E-state index in [0.717, 1.165) is 19.3 Å². The highest BCUT2D eigenvalue weighted by molar-refractivity contribution is 6.42. The fourth-order valence-corrected chi connectivity index (χ4v) is 3.06. The maximum atomic E-state index is 12.5. The van der Waals surface area contributed by atoms with Crippen LogP contribution in [-0.2, 0) is 14.3 Å². The van der Waals surface area contributed by atoms with E-state index in [0.29, 0.717) is 22.2 Å². The van der Waals surface area contributed by atoms with E-state index in [1.807, 2.05) is 0 Å². The number of methoxy groups -OCH3 is 1. The van der Waals surface area contributed by atoms with Crippen LogP contribution in [0.3, 0.4) is 0 Å². The van der Waals surface area contributed by atoms with Crippen LogP contribution in [0.2, 0.25) is 10.0 Å². The zero-order valence-electron chi connectivity index (χ0n) is 12.9. The predicted octanol–water partition coefficient (Wildman–Crippen LogP) is 3.95. The summed E-state index contributed by atoms with van der Waals surface area (Å²) in [6.07, 6.45) is 6.12. The van der Waals surface area contributed by atoms with Crippen LogP contribution in [-0.4, -0.2) is 36.5 Å². The van der Waals surface area contributed by atoms with Crippen LogP contribution in [0, 0.1) is 0 Å². The second kappa shape index (κ2) is 8.37. The van der Waals surface area contributed by atoms with E-state index in [9.17, 15) is 9.59 Å². The zero-order valence-corrected chi connectivity index (χ0v) is 14.4. The topological polar surface area (TPSA) is 46.6 Å². The Balaban J connectivity index is 2.09. The Morgan fingerprint density at radius 1 is 1.35 bits per heavy atom. The van der Waals surface area contributed by atoms with E-state index in [2.05, 4.69) is 0 Å². The van der Waals surface area contributed by atoms with Crippen LogP contribution < -0.4 is 0 Å². The van der Waals surface area contributed by atoms with E-state index < -0.39 is 0 Å². The first-order valence-corrected chi connectivity index (χ1v) is 8.28. The normalized spacial score (nSPS) is 18.2. The molecule has 124 valence electrons. The minimum absolute atomic E-state index is 0.108. The first kappa shape index (κ1) is 17.8. The number of likely N-dealkylation sites (tertiary alicyclic amines) is 1. The predicted molar refractivity (Wildman–Crippen MR) is 91.5 cm³/mol. The molecule has 1 aromatic carbocycles. The van der Waals surface area contributed by atoms with Gasteiger partial charge >= 0.3 is 5.97 Å². The molecule has 0 N–H and O–H groups in total. The molecule has 2 rings (SSSR count). The Morgan fingerprint density at radius 3 is 2.87 bits per heavy atom. The lowest BCUT2D eigenvalue weighted by Crippen LogP contribution is -2.44. The number of hydrogen-bond acceptors (Lipinski definition) is 3. The Morgan fingerprint density at radius 2 is 2.13 bits per heavy atom. The van der Waals surface area contributed by atoms with Crippen molar-refractivity contribution in [2.24, 2.45) is 0 Å². The summed E-state index contributed by atoms with van der Waals surface area (Å²) in [7, 11) is 1.36. The van der Waals surface area contributed by atoms with Gasteiger partial charge in [0.1, 0.15) is 0 Å². The van der Waals surface area contributed by atoms with Gasteiger partial charge in [-0.1, -0.05) is 35.3 Å². The summed E-state index contributed by atoms with van der Waals surface area (Å²) in [5.41, 5.74) is 0.689. The Bertz CT molecular complexity index is 616. The van der Waals surface area contributed by atoms with Crippen LogP contribution in [0.5, 0.6) is 0 Å². The summed E-state index contributed by atoms with van der Waals surface area (Å²) in [6, 6.07) is 5.16. The third kappa shape index (κ3) is 4.72. The first-order chi connectivity index (χ1) is 11.0. The summed E-state index contributed by atoms with van der Waals surface area (Å²) < 4.78 is 4.71. The zero-order chi connectivity index (χ0) is 16.8. The van der Waals surface area contributed by atoms with Gasteiger partial charge < -0.3 is 9.64 Å². The van der Waals surface area contributed by atoms with Crippen molar-refractivity contribution in [2.45, 2.75) is 31.7 Å². The maximum absolute atomic E-state index is 12.5. The molecule has 1 aliphatic heterocycles. The number of benzene rings is 1. The van der Waals surface area contributed by atoms with Crippen molar-refractivity contribution in [3.63, 3.8) is 0 Å². The SMILES string of the molecule is COC(=O)CC1CCCCN1C(=O)/C=C/c1cccc(Cl)c1Cl. The lowest BCUT2D eigenvalue weighted by Gasteiger charge is -2.34. The molecule has 1 aliphatic rings. The molecule has 0 aliphatic carbocycles. The average Bonchev–Trinajstić information content (AvgIpc) is 2.56. The molecular formula is C17H19Cl2NO3. The van der Waals surface area contributed by atoms with Gasteiger partial charge in [-0.15, -0.1) is 0 Å². The highest BCUT2D eigenvalue weighted by atomic mass is 35.5. The molecule has 1 atom stereocenters. The summed E-state index contributed by atoms with van der Waals surface area (Å²) in [5.74, 6) is -0.425. The van der Waals surface area contributed by atoms with Gasteiger partial charge in [-0.05, 0) is 37.0 Å². The summed E-state index contributed by atoms with van der Waals surface area (Å²) in [5, 5.41) is 0.866. The van der Waals surface area contributed by atoms with Crippen LogP contribution in [0.25, 0.3) is 6.08 Å². The van der Waals surface area contributed by atoms with Gasteiger partial charge in [-0.2, -0.15) is 0 Å². The molecule has 1 saturated heterocycles. The molecule has 6 heteroatoms. The molecule has 1 heterocycles. The second-order valence-corrected chi connectivity index (χ2v) is 6.22. The van der Waals surface area contributed by atoms with E-state index in [1.54, 1.807) is 29.2 Å². The minimum atomic E-state index is -0.295.